The first-order valence-electron chi connectivity index (χ1n) is 12.6. The maximum Gasteiger partial charge on any atom is 0.519 e. The van der Waals surface area contributed by atoms with Gasteiger partial charge in [0.1, 0.15) is 12.4 Å². The summed E-state index contributed by atoms with van der Waals surface area (Å²) in [6.45, 7) is 1.43. The SMILES string of the molecule is Cc1oc(=O)oc1COc1c2n(ncc1=O)[C@@H](C(c1cccc(F)c1)c1cccc(F)c1F)[C@H]1CCCN1C2=O. The van der Waals surface area contributed by atoms with Crippen molar-refractivity contribution in [3.8, 4) is 5.75 Å². The van der Waals surface area contributed by atoms with Crippen LogP contribution in [-0.4, -0.2) is 33.2 Å². The van der Waals surface area contributed by atoms with Crippen LogP contribution in [-0.2, 0) is 6.61 Å². The Morgan fingerprint density at radius 1 is 1.10 bits per heavy atom. The molecule has 0 N–H and O–H groups in total. The molecule has 12 heteroatoms. The van der Waals surface area contributed by atoms with E-state index in [4.69, 9.17) is 13.6 Å². The number of aryl methyl sites for hydroxylation is 1. The summed E-state index contributed by atoms with van der Waals surface area (Å²) in [5.41, 5.74) is -0.627. The van der Waals surface area contributed by atoms with Gasteiger partial charge in [0.15, 0.2) is 34.6 Å². The molecule has 1 unspecified atom stereocenters. The molecule has 1 saturated heterocycles. The molecule has 2 aromatic carbocycles. The summed E-state index contributed by atoms with van der Waals surface area (Å²) in [5.74, 6) is -5.42. The first kappa shape index (κ1) is 25.7. The normalized spacial score (nSPS) is 18.9. The number of carbonyl (C=O) groups is 1. The lowest BCUT2D eigenvalue weighted by molar-refractivity contribution is 0.0558. The number of carbonyl (C=O) groups excluding carboxylic acids is 1. The second-order valence-corrected chi connectivity index (χ2v) is 9.73. The Bertz CT molecular complexity index is 1750. The van der Waals surface area contributed by atoms with Gasteiger partial charge in [0.2, 0.25) is 5.43 Å². The highest BCUT2D eigenvalue weighted by Gasteiger charge is 2.49. The number of aromatic nitrogens is 2. The molecular weight excluding hydrogens is 531 g/mol. The van der Waals surface area contributed by atoms with Crippen LogP contribution in [0.1, 0.15) is 57.9 Å². The van der Waals surface area contributed by atoms with Gasteiger partial charge in [-0.25, -0.2) is 18.0 Å². The molecule has 4 heterocycles. The minimum absolute atomic E-state index is 0.0262. The Morgan fingerprint density at radius 2 is 1.90 bits per heavy atom. The Morgan fingerprint density at radius 3 is 2.65 bits per heavy atom. The Kier molecular flexibility index (Phi) is 6.32. The van der Waals surface area contributed by atoms with Crippen LogP contribution in [0.15, 0.2) is 67.1 Å². The predicted octanol–water partition coefficient (Wildman–Crippen LogP) is 4.09. The third kappa shape index (κ3) is 4.19. The van der Waals surface area contributed by atoms with Crippen molar-refractivity contribution in [3.63, 3.8) is 0 Å². The van der Waals surface area contributed by atoms with Crippen molar-refractivity contribution >= 4 is 5.91 Å². The summed E-state index contributed by atoms with van der Waals surface area (Å²) in [5, 5.41) is 4.27. The van der Waals surface area contributed by atoms with Gasteiger partial charge in [-0.3, -0.25) is 14.3 Å². The van der Waals surface area contributed by atoms with Crippen LogP contribution in [0.4, 0.5) is 13.2 Å². The zero-order valence-electron chi connectivity index (χ0n) is 21.1. The molecule has 2 aliphatic rings. The smallest absolute Gasteiger partial charge is 0.479 e. The van der Waals surface area contributed by atoms with Crippen molar-refractivity contribution in [3.05, 3.63) is 115 Å². The van der Waals surface area contributed by atoms with E-state index in [-0.39, 0.29) is 28.5 Å². The van der Waals surface area contributed by atoms with Crippen molar-refractivity contribution in [1.82, 2.24) is 14.7 Å². The van der Waals surface area contributed by atoms with Gasteiger partial charge < -0.3 is 18.5 Å². The van der Waals surface area contributed by atoms with Crippen LogP contribution < -0.4 is 16.0 Å². The van der Waals surface area contributed by atoms with Gasteiger partial charge in [0.05, 0.1) is 18.3 Å². The minimum Gasteiger partial charge on any atom is -0.479 e. The maximum absolute atomic E-state index is 15.4. The van der Waals surface area contributed by atoms with E-state index in [1.54, 1.807) is 11.0 Å². The maximum atomic E-state index is 15.4. The summed E-state index contributed by atoms with van der Waals surface area (Å²) < 4.78 is 61.2. The van der Waals surface area contributed by atoms with Crippen LogP contribution in [0, 0.1) is 24.4 Å². The van der Waals surface area contributed by atoms with E-state index < -0.39 is 59.2 Å². The molecule has 1 amide bonds. The number of halogens is 3. The van der Waals surface area contributed by atoms with Crippen LogP contribution in [0.5, 0.6) is 5.75 Å². The molecule has 4 aromatic rings. The molecule has 40 heavy (non-hydrogen) atoms. The number of ether oxygens (including phenoxy) is 1. The molecule has 0 aliphatic carbocycles. The molecule has 0 spiro atoms. The number of hydrogen-bond donors (Lipinski definition) is 0. The van der Waals surface area contributed by atoms with E-state index in [0.717, 1.165) is 12.3 Å². The molecule has 206 valence electrons. The van der Waals surface area contributed by atoms with E-state index in [0.29, 0.717) is 24.9 Å². The zero-order chi connectivity index (χ0) is 28.1. The molecule has 0 bridgehead atoms. The fourth-order valence-electron chi connectivity index (χ4n) is 5.74. The lowest BCUT2D eigenvalue weighted by Crippen LogP contribution is -2.51. The topological polar surface area (TPSA) is 108 Å². The van der Waals surface area contributed by atoms with Gasteiger partial charge in [0.25, 0.3) is 5.91 Å². The molecule has 3 atom stereocenters. The van der Waals surface area contributed by atoms with Crippen molar-refractivity contribution in [2.45, 2.75) is 44.4 Å². The second kappa shape index (κ2) is 9.85. The monoisotopic (exact) mass is 553 g/mol. The van der Waals surface area contributed by atoms with Crippen molar-refractivity contribution in [2.24, 2.45) is 0 Å². The summed E-state index contributed by atoms with van der Waals surface area (Å²) >= 11 is 0. The van der Waals surface area contributed by atoms with E-state index in [9.17, 15) is 23.2 Å². The largest absolute Gasteiger partial charge is 0.519 e. The molecule has 0 radical (unpaired) electrons. The molecule has 0 saturated carbocycles. The second-order valence-electron chi connectivity index (χ2n) is 9.73. The summed E-state index contributed by atoms with van der Waals surface area (Å²) in [6.07, 6.45) is 2.09. The third-order valence-electron chi connectivity index (χ3n) is 7.46. The molecular formula is C28H22F3N3O6. The quantitative estimate of drug-likeness (QED) is 0.354. The highest BCUT2D eigenvalue weighted by Crippen LogP contribution is 2.46. The number of benzene rings is 2. The number of amides is 1. The van der Waals surface area contributed by atoms with Gasteiger partial charge >= 0.3 is 5.82 Å². The van der Waals surface area contributed by atoms with Gasteiger partial charge in [-0.1, -0.05) is 24.3 Å². The first-order chi connectivity index (χ1) is 19.2. The average Bonchev–Trinajstić information content (AvgIpc) is 3.54. The van der Waals surface area contributed by atoms with Crippen LogP contribution in [0.2, 0.25) is 0 Å². The van der Waals surface area contributed by atoms with Gasteiger partial charge in [0, 0.05) is 18.0 Å². The lowest BCUT2D eigenvalue weighted by atomic mass is 9.79. The van der Waals surface area contributed by atoms with Crippen molar-refractivity contribution in [2.75, 3.05) is 6.54 Å². The molecule has 6 rings (SSSR count). The average molecular weight is 553 g/mol. The fourth-order valence-corrected chi connectivity index (χ4v) is 5.74. The van der Waals surface area contributed by atoms with Gasteiger partial charge in [-0.2, -0.15) is 5.10 Å². The number of fused-ring (bicyclic) bond motifs is 2. The standard InChI is InChI=1S/C28H22F3N3O6/c1-14-21(40-28(37)39-14)13-38-26-20(35)12-32-34-24(19-9-4-10-33(19)27(36)25(26)34)22(15-5-2-6-16(29)11-15)17-7-3-8-18(30)23(17)31/h2-3,5-8,11-12,19,22,24H,4,9-10,13H2,1H3/t19-,22?,24-/m1/s1. The Labute approximate surface area is 224 Å². The summed E-state index contributed by atoms with van der Waals surface area (Å²) in [4.78, 5) is 39.7. The Hall–Kier alpha value is -4.61. The highest BCUT2D eigenvalue weighted by atomic mass is 19.2. The molecule has 2 aliphatic heterocycles. The predicted molar refractivity (Wildman–Crippen MR) is 133 cm³/mol. The minimum atomic E-state index is -1.11. The van der Waals surface area contributed by atoms with E-state index >= 15 is 4.39 Å². The number of hydrogen-bond acceptors (Lipinski definition) is 7. The summed E-state index contributed by atoms with van der Waals surface area (Å²) in [7, 11) is 0. The Balaban J connectivity index is 1.56. The van der Waals surface area contributed by atoms with Crippen molar-refractivity contribution < 1.29 is 31.5 Å². The molecule has 1 fully saturated rings. The van der Waals surface area contributed by atoms with E-state index in [1.807, 2.05) is 0 Å². The first-order valence-corrected chi connectivity index (χ1v) is 12.6. The zero-order valence-corrected chi connectivity index (χ0v) is 21.1. The molecule has 9 nitrogen and oxygen atoms in total. The van der Waals surface area contributed by atoms with Crippen molar-refractivity contribution in [1.29, 1.82) is 0 Å². The summed E-state index contributed by atoms with van der Waals surface area (Å²) in [6, 6.07) is 7.90. The number of nitrogens with zero attached hydrogens (tertiary/aromatic N) is 3. The lowest BCUT2D eigenvalue weighted by Gasteiger charge is -2.42. The van der Waals surface area contributed by atoms with E-state index in [1.165, 1.54) is 41.9 Å². The fraction of sp³-hybridized carbons (Fsp3) is 0.286. The van der Waals surface area contributed by atoms with Crippen LogP contribution in [0.3, 0.4) is 0 Å². The van der Waals surface area contributed by atoms with Crippen LogP contribution in [0.25, 0.3) is 0 Å². The third-order valence-corrected chi connectivity index (χ3v) is 7.46. The number of rotatable bonds is 6. The van der Waals surface area contributed by atoms with Gasteiger partial charge in [-0.05, 0) is 43.5 Å². The van der Waals surface area contributed by atoms with Crippen LogP contribution >= 0.6 is 0 Å². The van der Waals surface area contributed by atoms with E-state index in [2.05, 4.69) is 5.10 Å². The molecule has 2 aromatic heterocycles. The highest BCUT2D eigenvalue weighted by molar-refractivity contribution is 5.96. The van der Waals surface area contributed by atoms with Gasteiger partial charge in [-0.15, -0.1) is 0 Å².